The Morgan fingerprint density at radius 1 is 1.19 bits per heavy atom. The molecule has 6 heteroatoms. The smallest absolute Gasteiger partial charge is 0.220 e. The maximum absolute atomic E-state index is 12.3. The van der Waals surface area contributed by atoms with Gasteiger partial charge in [0.25, 0.3) is 0 Å². The predicted molar refractivity (Wildman–Crippen MR) is 110 cm³/mol. The van der Waals surface area contributed by atoms with E-state index in [1.54, 1.807) is 23.7 Å². The van der Waals surface area contributed by atoms with E-state index in [0.717, 1.165) is 27.6 Å². The van der Waals surface area contributed by atoms with E-state index in [2.05, 4.69) is 15.3 Å². The van der Waals surface area contributed by atoms with E-state index in [4.69, 9.17) is 5.73 Å². The van der Waals surface area contributed by atoms with Crippen molar-refractivity contribution in [3.8, 4) is 10.4 Å². The summed E-state index contributed by atoms with van der Waals surface area (Å²) in [7, 11) is 0. The minimum absolute atomic E-state index is 0.0136. The lowest BCUT2D eigenvalue weighted by Crippen LogP contribution is -2.41. The van der Waals surface area contributed by atoms with Crippen LogP contribution >= 0.6 is 11.3 Å². The fourth-order valence-electron chi connectivity index (χ4n) is 2.94. The first-order valence-corrected chi connectivity index (χ1v) is 9.87. The second-order valence-electron chi connectivity index (χ2n) is 6.45. The molecule has 0 saturated carbocycles. The van der Waals surface area contributed by atoms with E-state index in [0.29, 0.717) is 19.4 Å². The van der Waals surface area contributed by atoms with Crippen molar-refractivity contribution >= 4 is 17.2 Å². The number of carbonyl (C=O) groups is 1. The van der Waals surface area contributed by atoms with Gasteiger partial charge in [-0.15, -0.1) is 11.3 Å². The number of aryl methyl sites for hydroxylation is 2. The molecule has 3 aromatic rings. The van der Waals surface area contributed by atoms with Crippen molar-refractivity contribution in [3.63, 3.8) is 0 Å². The van der Waals surface area contributed by atoms with E-state index in [-0.39, 0.29) is 11.9 Å². The number of rotatable bonds is 8. The molecule has 3 N–H and O–H groups in total. The third-order valence-electron chi connectivity index (χ3n) is 4.32. The van der Waals surface area contributed by atoms with E-state index < -0.39 is 0 Å². The first-order valence-electron chi connectivity index (χ1n) is 9.05. The summed E-state index contributed by atoms with van der Waals surface area (Å²) in [6, 6.07) is 14.0. The summed E-state index contributed by atoms with van der Waals surface area (Å²) >= 11 is 1.64. The zero-order valence-corrected chi connectivity index (χ0v) is 16.2. The van der Waals surface area contributed by atoms with Crippen LogP contribution in [-0.2, 0) is 17.6 Å². The zero-order chi connectivity index (χ0) is 19.1. The number of hydrogen-bond acceptors (Lipinski definition) is 5. The fraction of sp³-hybridized carbons (Fsp3) is 0.286. The number of carbonyl (C=O) groups excluding carboxylic acids is 1. The Kier molecular flexibility index (Phi) is 6.68. The highest BCUT2D eigenvalue weighted by molar-refractivity contribution is 7.15. The van der Waals surface area contributed by atoms with Crippen LogP contribution in [0, 0.1) is 6.92 Å². The van der Waals surface area contributed by atoms with Crippen molar-refractivity contribution in [3.05, 3.63) is 71.1 Å². The number of amides is 1. The molecule has 0 aliphatic carbocycles. The molecule has 27 heavy (non-hydrogen) atoms. The molecular formula is C21H24N4OS. The third kappa shape index (κ3) is 5.45. The lowest BCUT2D eigenvalue weighted by molar-refractivity contribution is -0.121. The largest absolute Gasteiger partial charge is 0.352 e. The first kappa shape index (κ1) is 19.2. The number of nitrogens with zero attached hydrogens (tertiary/aromatic N) is 2. The first-order chi connectivity index (χ1) is 13.2. The average molecular weight is 381 g/mol. The summed E-state index contributed by atoms with van der Waals surface area (Å²) in [4.78, 5) is 22.1. The highest BCUT2D eigenvalue weighted by Crippen LogP contribution is 2.30. The van der Waals surface area contributed by atoms with E-state index in [1.807, 2.05) is 49.4 Å². The Hall–Kier alpha value is -2.57. The number of hydrogen-bond donors (Lipinski definition) is 2. The average Bonchev–Trinajstić information content (AvgIpc) is 3.08. The molecule has 2 heterocycles. The van der Waals surface area contributed by atoms with Gasteiger partial charge in [-0.3, -0.25) is 9.78 Å². The second-order valence-corrected chi connectivity index (χ2v) is 7.53. The fourth-order valence-corrected chi connectivity index (χ4v) is 4.01. The van der Waals surface area contributed by atoms with Crippen LogP contribution in [-0.4, -0.2) is 28.5 Å². The molecule has 0 saturated heterocycles. The number of thiazole rings is 1. The molecule has 0 bridgehead atoms. The summed E-state index contributed by atoms with van der Waals surface area (Å²) in [6.45, 7) is 2.42. The van der Waals surface area contributed by atoms with Crippen LogP contribution in [0.15, 0.2) is 54.9 Å². The van der Waals surface area contributed by atoms with Crippen LogP contribution in [0.3, 0.4) is 0 Å². The third-order valence-corrected chi connectivity index (χ3v) is 5.59. The van der Waals surface area contributed by atoms with Gasteiger partial charge < -0.3 is 11.1 Å². The molecule has 0 spiro atoms. The normalized spacial score (nSPS) is 11.9. The van der Waals surface area contributed by atoms with Gasteiger partial charge in [-0.05, 0) is 36.6 Å². The molecule has 2 aromatic heterocycles. The van der Waals surface area contributed by atoms with Gasteiger partial charge in [-0.2, -0.15) is 0 Å². The molecule has 0 aliphatic heterocycles. The molecule has 0 aliphatic rings. The standard InChI is InChI=1S/C21H24N4OS/c1-15-21(17-9-11-23-12-10-17)27-20(24-15)8-7-19(26)25-18(14-22)13-16-5-3-2-4-6-16/h2-6,9-12,18H,7-8,13-14,22H2,1H3,(H,25,26). The molecule has 3 rings (SSSR count). The van der Waals surface area contributed by atoms with Crippen LogP contribution in [0.4, 0.5) is 0 Å². The van der Waals surface area contributed by atoms with E-state index in [9.17, 15) is 4.79 Å². The Morgan fingerprint density at radius 2 is 1.93 bits per heavy atom. The Balaban J connectivity index is 1.54. The van der Waals surface area contributed by atoms with Gasteiger partial charge in [0.1, 0.15) is 0 Å². The van der Waals surface area contributed by atoms with Gasteiger partial charge in [-0.1, -0.05) is 30.3 Å². The Labute approximate surface area is 163 Å². The lowest BCUT2D eigenvalue weighted by atomic mass is 10.1. The Morgan fingerprint density at radius 3 is 2.63 bits per heavy atom. The van der Waals surface area contributed by atoms with Crippen LogP contribution < -0.4 is 11.1 Å². The minimum atomic E-state index is -0.0506. The summed E-state index contributed by atoms with van der Waals surface area (Å²) in [5.41, 5.74) is 9.11. The van der Waals surface area contributed by atoms with E-state index >= 15 is 0 Å². The number of aromatic nitrogens is 2. The molecule has 0 radical (unpaired) electrons. The highest BCUT2D eigenvalue weighted by atomic mass is 32.1. The van der Waals surface area contributed by atoms with Crippen LogP contribution in [0.2, 0.25) is 0 Å². The van der Waals surface area contributed by atoms with Crippen LogP contribution in [0.25, 0.3) is 10.4 Å². The van der Waals surface area contributed by atoms with Gasteiger partial charge in [0.05, 0.1) is 15.6 Å². The molecule has 140 valence electrons. The van der Waals surface area contributed by atoms with Crippen molar-refractivity contribution < 1.29 is 4.79 Å². The van der Waals surface area contributed by atoms with Crippen molar-refractivity contribution in [1.82, 2.24) is 15.3 Å². The van der Waals surface area contributed by atoms with Crippen LogP contribution in [0.5, 0.6) is 0 Å². The number of benzene rings is 1. The summed E-state index contributed by atoms with van der Waals surface area (Å²) in [5, 5.41) is 4.02. The highest BCUT2D eigenvalue weighted by Gasteiger charge is 2.14. The van der Waals surface area contributed by atoms with Gasteiger partial charge in [-0.25, -0.2) is 4.98 Å². The van der Waals surface area contributed by atoms with E-state index in [1.165, 1.54) is 5.56 Å². The molecule has 0 fully saturated rings. The van der Waals surface area contributed by atoms with Gasteiger partial charge in [0, 0.05) is 37.8 Å². The van der Waals surface area contributed by atoms with Crippen LogP contribution in [0.1, 0.15) is 22.7 Å². The van der Waals surface area contributed by atoms with Crippen molar-refractivity contribution in [2.45, 2.75) is 32.2 Å². The van der Waals surface area contributed by atoms with Gasteiger partial charge >= 0.3 is 0 Å². The zero-order valence-electron chi connectivity index (χ0n) is 15.4. The Bertz CT molecular complexity index is 864. The van der Waals surface area contributed by atoms with Crippen molar-refractivity contribution in [2.75, 3.05) is 6.54 Å². The molecule has 1 atom stereocenters. The maximum Gasteiger partial charge on any atom is 0.220 e. The quantitative estimate of drug-likeness (QED) is 0.629. The molecular weight excluding hydrogens is 356 g/mol. The second kappa shape index (κ2) is 9.39. The van der Waals surface area contributed by atoms with Gasteiger partial charge in [0.2, 0.25) is 5.91 Å². The van der Waals surface area contributed by atoms with Gasteiger partial charge in [0.15, 0.2) is 0 Å². The maximum atomic E-state index is 12.3. The molecule has 1 aromatic carbocycles. The topological polar surface area (TPSA) is 80.9 Å². The SMILES string of the molecule is Cc1nc(CCC(=O)NC(CN)Cc2ccccc2)sc1-c1ccncc1. The number of pyridine rings is 1. The summed E-state index contributed by atoms with van der Waals surface area (Å²) < 4.78 is 0. The minimum Gasteiger partial charge on any atom is -0.352 e. The summed E-state index contributed by atoms with van der Waals surface area (Å²) in [5.74, 6) is 0.0136. The molecule has 1 amide bonds. The number of nitrogens with one attached hydrogen (secondary N) is 1. The monoisotopic (exact) mass is 380 g/mol. The molecule has 5 nitrogen and oxygen atoms in total. The number of nitrogens with two attached hydrogens (primary N) is 1. The van der Waals surface area contributed by atoms with Crippen molar-refractivity contribution in [1.29, 1.82) is 0 Å². The lowest BCUT2D eigenvalue weighted by Gasteiger charge is -2.16. The molecule has 1 unspecified atom stereocenters. The summed E-state index contributed by atoms with van der Waals surface area (Å²) in [6.07, 6.45) is 5.34. The predicted octanol–water partition coefficient (Wildman–Crippen LogP) is 3.13. The van der Waals surface area contributed by atoms with Crippen molar-refractivity contribution in [2.24, 2.45) is 5.73 Å².